The van der Waals surface area contributed by atoms with Gasteiger partial charge in [-0.1, -0.05) is 6.92 Å². The Hall–Kier alpha value is -0.120. The van der Waals surface area contributed by atoms with Gasteiger partial charge < -0.3 is 10.1 Å². The summed E-state index contributed by atoms with van der Waals surface area (Å²) in [6.45, 7) is 11.8. The molecule has 1 N–H and O–H groups in total. The van der Waals surface area contributed by atoms with Crippen LogP contribution in [0, 0.1) is 0 Å². The van der Waals surface area contributed by atoms with Gasteiger partial charge in [0.1, 0.15) is 0 Å². The highest BCUT2D eigenvalue weighted by Crippen LogP contribution is 2.09. The minimum atomic E-state index is 0.623. The van der Waals surface area contributed by atoms with Crippen molar-refractivity contribution in [2.75, 3.05) is 32.8 Å². The van der Waals surface area contributed by atoms with Crippen LogP contribution in [0.5, 0.6) is 0 Å². The highest BCUT2D eigenvalue weighted by atomic mass is 16.5. The molecule has 0 bridgehead atoms. The number of morpholine rings is 1. The molecule has 0 aromatic rings. The van der Waals surface area contributed by atoms with E-state index in [0.717, 1.165) is 32.8 Å². The van der Waals surface area contributed by atoms with Gasteiger partial charge in [-0.2, -0.15) is 0 Å². The summed E-state index contributed by atoms with van der Waals surface area (Å²) in [7, 11) is 0. The summed E-state index contributed by atoms with van der Waals surface area (Å²) in [6.07, 6.45) is 1.23. The molecule has 0 aromatic carbocycles. The van der Waals surface area contributed by atoms with Crippen molar-refractivity contribution in [2.45, 2.75) is 39.3 Å². The Morgan fingerprint density at radius 3 is 2.50 bits per heavy atom. The Bertz CT molecular complexity index is 146. The van der Waals surface area contributed by atoms with Crippen molar-refractivity contribution >= 4 is 0 Å². The van der Waals surface area contributed by atoms with Crippen LogP contribution in [-0.4, -0.2) is 49.8 Å². The molecule has 1 aliphatic rings. The number of nitrogens with one attached hydrogen (secondary N) is 1. The average molecular weight is 200 g/mol. The fraction of sp³-hybridized carbons (Fsp3) is 1.00. The average Bonchev–Trinajstić information content (AvgIpc) is 2.19. The highest BCUT2D eigenvalue weighted by molar-refractivity contribution is 4.74. The van der Waals surface area contributed by atoms with Crippen LogP contribution in [0.3, 0.4) is 0 Å². The zero-order chi connectivity index (χ0) is 10.4. The predicted molar refractivity (Wildman–Crippen MR) is 59.6 cm³/mol. The van der Waals surface area contributed by atoms with Crippen LogP contribution in [0.25, 0.3) is 0 Å². The lowest BCUT2D eigenvalue weighted by Gasteiger charge is -2.33. The first-order valence-electron chi connectivity index (χ1n) is 5.79. The molecule has 0 aliphatic carbocycles. The van der Waals surface area contributed by atoms with Gasteiger partial charge in [0, 0.05) is 25.2 Å². The van der Waals surface area contributed by atoms with Gasteiger partial charge in [-0.05, 0) is 26.8 Å². The molecule has 0 amide bonds. The number of hydrogen-bond acceptors (Lipinski definition) is 3. The Kier molecular flexibility index (Phi) is 5.45. The maximum atomic E-state index is 5.35. The van der Waals surface area contributed by atoms with Gasteiger partial charge in [0.2, 0.25) is 0 Å². The molecule has 0 spiro atoms. The number of hydrogen-bond donors (Lipinski definition) is 1. The molecule has 1 saturated heterocycles. The first-order chi connectivity index (χ1) is 6.74. The van der Waals surface area contributed by atoms with Crippen LogP contribution in [0.1, 0.15) is 27.2 Å². The molecule has 1 aliphatic heterocycles. The van der Waals surface area contributed by atoms with Crippen LogP contribution in [-0.2, 0) is 4.74 Å². The third-order valence-corrected chi connectivity index (χ3v) is 2.92. The number of nitrogens with zero attached hydrogens (tertiary/aromatic N) is 1. The molecule has 84 valence electrons. The van der Waals surface area contributed by atoms with Crippen molar-refractivity contribution in [3.05, 3.63) is 0 Å². The van der Waals surface area contributed by atoms with Crippen molar-refractivity contribution in [2.24, 2.45) is 0 Å². The van der Waals surface area contributed by atoms with Crippen LogP contribution in [0.4, 0.5) is 0 Å². The molecular formula is C11H24N2O. The Morgan fingerprint density at radius 1 is 1.29 bits per heavy atom. The second kappa shape index (κ2) is 6.38. The minimum Gasteiger partial charge on any atom is -0.379 e. The summed E-state index contributed by atoms with van der Waals surface area (Å²) < 4.78 is 5.35. The predicted octanol–water partition coefficient (Wildman–Crippen LogP) is 1.10. The van der Waals surface area contributed by atoms with Gasteiger partial charge in [0.15, 0.2) is 0 Å². The van der Waals surface area contributed by atoms with E-state index in [1.54, 1.807) is 0 Å². The fourth-order valence-corrected chi connectivity index (χ4v) is 2.11. The molecule has 1 heterocycles. The summed E-state index contributed by atoms with van der Waals surface area (Å²) in [5, 5.41) is 3.46. The second-order valence-corrected chi connectivity index (χ2v) is 4.19. The van der Waals surface area contributed by atoms with E-state index >= 15 is 0 Å². The SMILES string of the molecule is CCNC(C)CC(C)N1CCOCC1. The van der Waals surface area contributed by atoms with E-state index in [1.165, 1.54) is 6.42 Å². The summed E-state index contributed by atoms with van der Waals surface area (Å²) in [4.78, 5) is 2.53. The molecule has 1 fully saturated rings. The molecule has 2 atom stereocenters. The van der Waals surface area contributed by atoms with Crippen LogP contribution >= 0.6 is 0 Å². The molecule has 1 rings (SSSR count). The quantitative estimate of drug-likeness (QED) is 0.719. The van der Waals surface area contributed by atoms with Gasteiger partial charge >= 0.3 is 0 Å². The molecule has 0 saturated carbocycles. The van der Waals surface area contributed by atoms with Gasteiger partial charge in [-0.15, -0.1) is 0 Å². The third-order valence-electron chi connectivity index (χ3n) is 2.92. The molecule has 3 nitrogen and oxygen atoms in total. The molecule has 0 aromatic heterocycles. The van der Waals surface area contributed by atoms with Gasteiger partial charge in [0.05, 0.1) is 13.2 Å². The maximum Gasteiger partial charge on any atom is 0.0594 e. The standard InChI is InChI=1S/C11H24N2O/c1-4-12-10(2)9-11(3)13-5-7-14-8-6-13/h10-12H,4-9H2,1-3H3. The second-order valence-electron chi connectivity index (χ2n) is 4.19. The number of rotatable bonds is 5. The first-order valence-corrected chi connectivity index (χ1v) is 5.79. The third kappa shape index (κ3) is 3.95. The van der Waals surface area contributed by atoms with Crippen molar-refractivity contribution in [1.82, 2.24) is 10.2 Å². The first kappa shape index (κ1) is 12.0. The van der Waals surface area contributed by atoms with Crippen LogP contribution in [0.2, 0.25) is 0 Å². The largest absolute Gasteiger partial charge is 0.379 e. The molecule has 3 heteroatoms. The van der Waals surface area contributed by atoms with Gasteiger partial charge in [-0.3, -0.25) is 4.90 Å². The topological polar surface area (TPSA) is 24.5 Å². The highest BCUT2D eigenvalue weighted by Gasteiger charge is 2.18. The smallest absolute Gasteiger partial charge is 0.0594 e. The zero-order valence-electron chi connectivity index (χ0n) is 9.75. The van der Waals surface area contributed by atoms with E-state index < -0.39 is 0 Å². The lowest BCUT2D eigenvalue weighted by Crippen LogP contribution is -2.44. The Balaban J connectivity index is 2.21. The summed E-state index contributed by atoms with van der Waals surface area (Å²) in [5.41, 5.74) is 0. The minimum absolute atomic E-state index is 0.623. The van der Waals surface area contributed by atoms with Crippen molar-refractivity contribution < 1.29 is 4.74 Å². The zero-order valence-corrected chi connectivity index (χ0v) is 9.75. The van der Waals surface area contributed by atoms with E-state index in [-0.39, 0.29) is 0 Å². The monoisotopic (exact) mass is 200 g/mol. The van der Waals surface area contributed by atoms with E-state index in [9.17, 15) is 0 Å². The van der Waals surface area contributed by atoms with Crippen molar-refractivity contribution in [3.63, 3.8) is 0 Å². The molecule has 2 unspecified atom stereocenters. The lowest BCUT2D eigenvalue weighted by molar-refractivity contribution is 0.0170. The van der Waals surface area contributed by atoms with Crippen LogP contribution < -0.4 is 5.32 Å². The maximum absolute atomic E-state index is 5.35. The van der Waals surface area contributed by atoms with Crippen molar-refractivity contribution in [1.29, 1.82) is 0 Å². The molecule has 14 heavy (non-hydrogen) atoms. The van der Waals surface area contributed by atoms with Gasteiger partial charge in [-0.25, -0.2) is 0 Å². The normalized spacial score (nSPS) is 23.4. The summed E-state index contributed by atoms with van der Waals surface area (Å²) >= 11 is 0. The summed E-state index contributed by atoms with van der Waals surface area (Å²) in [6, 6.07) is 1.30. The summed E-state index contributed by atoms with van der Waals surface area (Å²) in [5.74, 6) is 0. The van der Waals surface area contributed by atoms with E-state index in [4.69, 9.17) is 4.74 Å². The van der Waals surface area contributed by atoms with E-state index in [2.05, 4.69) is 31.0 Å². The van der Waals surface area contributed by atoms with Crippen LogP contribution in [0.15, 0.2) is 0 Å². The fourth-order valence-electron chi connectivity index (χ4n) is 2.11. The lowest BCUT2D eigenvalue weighted by atomic mass is 10.1. The molecule has 0 radical (unpaired) electrons. The Labute approximate surface area is 87.8 Å². The van der Waals surface area contributed by atoms with Crippen molar-refractivity contribution in [3.8, 4) is 0 Å². The number of ether oxygens (including phenoxy) is 1. The Morgan fingerprint density at radius 2 is 1.93 bits per heavy atom. The molecular weight excluding hydrogens is 176 g/mol. The van der Waals surface area contributed by atoms with Gasteiger partial charge in [0.25, 0.3) is 0 Å². The van der Waals surface area contributed by atoms with E-state index in [1.807, 2.05) is 0 Å². The van der Waals surface area contributed by atoms with E-state index in [0.29, 0.717) is 12.1 Å².